The molecular weight excluding hydrogens is 358 g/mol. The average Bonchev–Trinajstić information content (AvgIpc) is 2.94. The SMILES string of the molecule is Br.CCCCCNC(=N)N/N=C\c1c[nH]c2ccc(OC)cc12. The summed E-state index contributed by atoms with van der Waals surface area (Å²) in [7, 11) is 1.65. The first-order valence-electron chi connectivity index (χ1n) is 7.51. The number of aromatic nitrogens is 1. The van der Waals surface area contributed by atoms with Gasteiger partial charge in [0.15, 0.2) is 0 Å². The van der Waals surface area contributed by atoms with Gasteiger partial charge in [-0.05, 0) is 24.6 Å². The van der Waals surface area contributed by atoms with Crippen molar-refractivity contribution in [2.75, 3.05) is 13.7 Å². The van der Waals surface area contributed by atoms with Crippen LogP contribution in [0.15, 0.2) is 29.5 Å². The maximum Gasteiger partial charge on any atom is 0.209 e. The van der Waals surface area contributed by atoms with Gasteiger partial charge in [0.1, 0.15) is 5.75 Å². The Morgan fingerprint density at radius 2 is 2.22 bits per heavy atom. The molecule has 0 spiro atoms. The summed E-state index contributed by atoms with van der Waals surface area (Å²) in [6.45, 7) is 2.95. The van der Waals surface area contributed by atoms with Gasteiger partial charge in [-0.25, -0.2) is 5.43 Å². The van der Waals surface area contributed by atoms with E-state index in [2.05, 4.69) is 27.8 Å². The van der Waals surface area contributed by atoms with Gasteiger partial charge in [-0.2, -0.15) is 5.10 Å². The van der Waals surface area contributed by atoms with Crippen LogP contribution >= 0.6 is 17.0 Å². The number of halogens is 1. The number of hydrogen-bond donors (Lipinski definition) is 4. The van der Waals surface area contributed by atoms with E-state index < -0.39 is 0 Å². The fourth-order valence-electron chi connectivity index (χ4n) is 2.15. The summed E-state index contributed by atoms with van der Waals surface area (Å²) in [5.74, 6) is 1.02. The molecule has 0 fully saturated rings. The molecule has 1 aromatic carbocycles. The molecule has 0 saturated heterocycles. The van der Waals surface area contributed by atoms with Gasteiger partial charge in [-0.3, -0.25) is 5.41 Å². The van der Waals surface area contributed by atoms with E-state index in [4.69, 9.17) is 10.1 Å². The fraction of sp³-hybridized carbons (Fsp3) is 0.375. The molecule has 0 aliphatic heterocycles. The third-order valence-electron chi connectivity index (χ3n) is 3.38. The van der Waals surface area contributed by atoms with Crippen molar-refractivity contribution in [3.05, 3.63) is 30.0 Å². The number of guanidine groups is 1. The third-order valence-corrected chi connectivity index (χ3v) is 3.38. The van der Waals surface area contributed by atoms with Crippen molar-refractivity contribution in [3.8, 4) is 5.75 Å². The minimum atomic E-state index is 0. The highest BCUT2D eigenvalue weighted by Crippen LogP contribution is 2.22. The number of H-pyrrole nitrogens is 1. The Morgan fingerprint density at radius 3 is 2.96 bits per heavy atom. The fourth-order valence-corrected chi connectivity index (χ4v) is 2.15. The lowest BCUT2D eigenvalue weighted by atomic mass is 10.2. The summed E-state index contributed by atoms with van der Waals surface area (Å²) >= 11 is 0. The van der Waals surface area contributed by atoms with Crippen LogP contribution in [0, 0.1) is 5.41 Å². The van der Waals surface area contributed by atoms with Gasteiger partial charge < -0.3 is 15.0 Å². The first-order chi connectivity index (χ1) is 10.7. The van der Waals surface area contributed by atoms with E-state index in [1.165, 1.54) is 12.8 Å². The van der Waals surface area contributed by atoms with E-state index in [0.29, 0.717) is 0 Å². The molecule has 1 heterocycles. The summed E-state index contributed by atoms with van der Waals surface area (Å²) in [4.78, 5) is 3.18. The normalized spacial score (nSPS) is 10.5. The Morgan fingerprint density at radius 1 is 1.39 bits per heavy atom. The molecule has 6 nitrogen and oxygen atoms in total. The van der Waals surface area contributed by atoms with Gasteiger partial charge in [0.05, 0.1) is 13.3 Å². The van der Waals surface area contributed by atoms with Crippen LogP contribution in [0.25, 0.3) is 10.9 Å². The first-order valence-corrected chi connectivity index (χ1v) is 7.51. The molecule has 2 aromatic rings. The first kappa shape index (κ1) is 19.0. The van der Waals surface area contributed by atoms with Crippen LogP contribution < -0.4 is 15.5 Å². The van der Waals surface area contributed by atoms with E-state index in [1.807, 2.05) is 24.4 Å². The van der Waals surface area contributed by atoms with E-state index in [9.17, 15) is 0 Å². The molecule has 0 aliphatic carbocycles. The number of fused-ring (bicyclic) bond motifs is 1. The predicted octanol–water partition coefficient (Wildman–Crippen LogP) is 3.39. The molecule has 0 unspecified atom stereocenters. The second-order valence-electron chi connectivity index (χ2n) is 5.03. The topological polar surface area (TPSA) is 85.3 Å². The van der Waals surface area contributed by atoms with Crippen LogP contribution in [-0.4, -0.2) is 30.8 Å². The smallest absolute Gasteiger partial charge is 0.209 e. The molecule has 4 N–H and O–H groups in total. The molecule has 0 radical (unpaired) electrons. The Balaban J connectivity index is 0.00000264. The van der Waals surface area contributed by atoms with Crippen molar-refractivity contribution in [1.29, 1.82) is 5.41 Å². The standard InChI is InChI=1S/C16H23N5O.BrH/c1-3-4-5-8-18-16(17)21-20-11-12-10-19-15-7-6-13(22-2)9-14(12)15;/h6-7,9-11,19H,3-5,8H2,1-2H3,(H3,17,18,21);1H/b20-11-;. The Hall–Kier alpha value is -2.02. The van der Waals surface area contributed by atoms with Gasteiger partial charge in [0, 0.05) is 29.2 Å². The van der Waals surface area contributed by atoms with E-state index in [1.54, 1.807) is 13.3 Å². The Labute approximate surface area is 147 Å². The van der Waals surface area contributed by atoms with Gasteiger partial charge in [0.25, 0.3) is 0 Å². The van der Waals surface area contributed by atoms with Crippen molar-refractivity contribution < 1.29 is 4.74 Å². The highest BCUT2D eigenvalue weighted by atomic mass is 79.9. The average molecular weight is 382 g/mol. The van der Waals surface area contributed by atoms with Crippen molar-refractivity contribution >= 4 is 40.1 Å². The molecule has 0 amide bonds. The van der Waals surface area contributed by atoms with E-state index in [0.717, 1.165) is 35.2 Å². The minimum absolute atomic E-state index is 0. The van der Waals surface area contributed by atoms with Gasteiger partial charge in [-0.15, -0.1) is 17.0 Å². The molecule has 126 valence electrons. The summed E-state index contributed by atoms with van der Waals surface area (Å²) in [6.07, 6.45) is 6.98. The van der Waals surface area contributed by atoms with Crippen LogP contribution in [0.5, 0.6) is 5.75 Å². The largest absolute Gasteiger partial charge is 0.497 e. The van der Waals surface area contributed by atoms with Crippen LogP contribution in [-0.2, 0) is 0 Å². The van der Waals surface area contributed by atoms with Crippen LogP contribution in [0.4, 0.5) is 0 Å². The molecule has 1 aromatic heterocycles. The monoisotopic (exact) mass is 381 g/mol. The number of hydrazone groups is 1. The number of unbranched alkanes of at least 4 members (excludes halogenated alkanes) is 2. The Kier molecular flexibility index (Phi) is 8.18. The number of ether oxygens (including phenoxy) is 1. The molecule has 0 saturated carbocycles. The molecule has 0 aliphatic rings. The number of methoxy groups -OCH3 is 1. The third kappa shape index (κ3) is 5.59. The van der Waals surface area contributed by atoms with Gasteiger partial charge >= 0.3 is 0 Å². The number of benzene rings is 1. The lowest BCUT2D eigenvalue weighted by Crippen LogP contribution is -2.33. The zero-order valence-electron chi connectivity index (χ0n) is 13.5. The van der Waals surface area contributed by atoms with Crippen LogP contribution in [0.2, 0.25) is 0 Å². The summed E-state index contributed by atoms with van der Waals surface area (Å²) < 4.78 is 5.24. The van der Waals surface area contributed by atoms with E-state index in [-0.39, 0.29) is 22.9 Å². The quantitative estimate of drug-likeness (QED) is 0.256. The molecule has 23 heavy (non-hydrogen) atoms. The molecule has 0 atom stereocenters. The van der Waals surface area contributed by atoms with Crippen LogP contribution in [0.1, 0.15) is 31.7 Å². The lowest BCUT2D eigenvalue weighted by Gasteiger charge is -2.05. The summed E-state index contributed by atoms with van der Waals surface area (Å²) in [5.41, 5.74) is 4.66. The molecular formula is C16H24BrN5O. The highest BCUT2D eigenvalue weighted by molar-refractivity contribution is 8.93. The molecule has 7 heteroatoms. The maximum atomic E-state index is 7.72. The molecule has 2 rings (SSSR count). The maximum absolute atomic E-state index is 7.72. The van der Waals surface area contributed by atoms with Crippen LogP contribution in [0.3, 0.4) is 0 Å². The zero-order chi connectivity index (χ0) is 15.8. The van der Waals surface area contributed by atoms with Crippen molar-refractivity contribution in [1.82, 2.24) is 15.7 Å². The second kappa shape index (κ2) is 9.89. The van der Waals surface area contributed by atoms with Crippen molar-refractivity contribution in [2.24, 2.45) is 5.10 Å². The van der Waals surface area contributed by atoms with Gasteiger partial charge in [0.2, 0.25) is 5.96 Å². The number of nitrogens with zero attached hydrogens (tertiary/aromatic N) is 1. The number of hydrogen-bond acceptors (Lipinski definition) is 3. The minimum Gasteiger partial charge on any atom is -0.497 e. The van der Waals surface area contributed by atoms with Crippen molar-refractivity contribution in [2.45, 2.75) is 26.2 Å². The van der Waals surface area contributed by atoms with E-state index >= 15 is 0 Å². The summed E-state index contributed by atoms with van der Waals surface area (Å²) in [5, 5.41) is 15.8. The molecule has 0 bridgehead atoms. The number of rotatable bonds is 7. The second-order valence-corrected chi connectivity index (χ2v) is 5.03. The highest BCUT2D eigenvalue weighted by Gasteiger charge is 2.03. The Bertz CT molecular complexity index is 653. The van der Waals surface area contributed by atoms with Gasteiger partial charge in [-0.1, -0.05) is 19.8 Å². The number of aromatic amines is 1. The zero-order valence-corrected chi connectivity index (χ0v) is 15.2. The predicted molar refractivity (Wildman–Crippen MR) is 101 cm³/mol. The lowest BCUT2D eigenvalue weighted by molar-refractivity contribution is 0.415. The van der Waals surface area contributed by atoms with Crippen molar-refractivity contribution in [3.63, 3.8) is 0 Å². The number of nitrogens with one attached hydrogen (secondary N) is 4. The summed E-state index contributed by atoms with van der Waals surface area (Å²) in [6, 6.07) is 5.84.